The largest absolute Gasteiger partial charge is 0.368 e. The van der Waals surface area contributed by atoms with Crippen molar-refractivity contribution in [3.63, 3.8) is 0 Å². The second-order valence-electron chi connectivity index (χ2n) is 10.4. The van der Waals surface area contributed by atoms with Crippen molar-refractivity contribution in [3.05, 3.63) is 77.4 Å². The smallest absolute Gasteiger partial charge is 0.133 e. The molecule has 0 unspecified atom stereocenters. The number of anilines is 3. The van der Waals surface area contributed by atoms with Crippen LogP contribution in [0.4, 0.5) is 25.8 Å². The van der Waals surface area contributed by atoms with Crippen molar-refractivity contribution in [1.82, 2.24) is 0 Å². The van der Waals surface area contributed by atoms with Crippen LogP contribution in [-0.4, -0.2) is 19.3 Å². The fraction of sp³-hybridized carbons (Fsp3) is 0.387. The molecule has 1 fully saturated rings. The minimum absolute atomic E-state index is 0.214. The van der Waals surface area contributed by atoms with Gasteiger partial charge in [0.25, 0.3) is 0 Å². The van der Waals surface area contributed by atoms with Gasteiger partial charge in [-0.25, -0.2) is 8.78 Å². The lowest BCUT2D eigenvalue weighted by atomic mass is 9.92. The standard InChI is InChI=1S/C31H36F2N4/c1-21(2)19-37(26-7-5-4-6-8-26)31-17-29(33)28(27-15-24(32)12-11-23(27)18-34)16-30(31)36-20-35-25-13-9-22(3)10-14-25/h9-17,21,26,35-36H,4-8,19-20H2,1-3H3. The lowest BCUT2D eigenvalue weighted by Gasteiger charge is -2.38. The quantitative estimate of drug-likeness (QED) is 0.290. The molecule has 0 aromatic heterocycles. The van der Waals surface area contributed by atoms with Crippen LogP contribution >= 0.6 is 0 Å². The molecule has 6 heteroatoms. The third-order valence-corrected chi connectivity index (χ3v) is 6.99. The van der Waals surface area contributed by atoms with E-state index < -0.39 is 11.6 Å². The van der Waals surface area contributed by atoms with E-state index in [1.165, 1.54) is 43.0 Å². The predicted octanol–water partition coefficient (Wildman–Crippen LogP) is 8.09. The number of aryl methyl sites for hydroxylation is 1. The maximum absolute atomic E-state index is 15.8. The Labute approximate surface area is 219 Å². The average Bonchev–Trinajstić information content (AvgIpc) is 2.89. The Balaban J connectivity index is 1.75. The Morgan fingerprint density at radius 2 is 1.68 bits per heavy atom. The van der Waals surface area contributed by atoms with Crippen LogP contribution < -0.4 is 15.5 Å². The van der Waals surface area contributed by atoms with Gasteiger partial charge in [-0.05, 0) is 68.1 Å². The van der Waals surface area contributed by atoms with Crippen LogP contribution in [0.2, 0.25) is 0 Å². The first kappa shape index (κ1) is 26.5. The van der Waals surface area contributed by atoms with E-state index in [-0.39, 0.29) is 16.7 Å². The molecule has 0 bridgehead atoms. The van der Waals surface area contributed by atoms with Crippen LogP contribution in [0.3, 0.4) is 0 Å². The van der Waals surface area contributed by atoms with E-state index in [1.54, 1.807) is 12.1 Å². The number of nitriles is 1. The van der Waals surface area contributed by atoms with Gasteiger partial charge in [-0.15, -0.1) is 0 Å². The maximum atomic E-state index is 15.8. The molecular formula is C31H36F2N4. The van der Waals surface area contributed by atoms with E-state index in [0.717, 1.165) is 36.4 Å². The second-order valence-corrected chi connectivity index (χ2v) is 10.4. The molecule has 0 atom stereocenters. The first-order valence-corrected chi connectivity index (χ1v) is 13.2. The van der Waals surface area contributed by atoms with Crippen molar-refractivity contribution in [2.24, 2.45) is 5.92 Å². The van der Waals surface area contributed by atoms with E-state index >= 15 is 4.39 Å². The monoisotopic (exact) mass is 502 g/mol. The number of halogens is 2. The molecule has 0 heterocycles. The zero-order chi connectivity index (χ0) is 26.4. The normalized spacial score (nSPS) is 13.9. The van der Waals surface area contributed by atoms with Gasteiger partial charge in [0.05, 0.1) is 29.7 Å². The van der Waals surface area contributed by atoms with Crippen molar-refractivity contribution < 1.29 is 8.78 Å². The van der Waals surface area contributed by atoms with Crippen LogP contribution in [-0.2, 0) is 0 Å². The molecule has 0 aliphatic heterocycles. The Hall–Kier alpha value is -3.59. The molecule has 1 aliphatic carbocycles. The summed E-state index contributed by atoms with van der Waals surface area (Å²) in [7, 11) is 0. The molecule has 0 spiro atoms. The molecule has 2 N–H and O–H groups in total. The van der Waals surface area contributed by atoms with Gasteiger partial charge in [-0.2, -0.15) is 5.26 Å². The molecule has 0 amide bonds. The van der Waals surface area contributed by atoms with Crippen LogP contribution in [0.25, 0.3) is 11.1 Å². The third-order valence-electron chi connectivity index (χ3n) is 6.99. The first-order valence-electron chi connectivity index (χ1n) is 13.2. The summed E-state index contributed by atoms with van der Waals surface area (Å²) in [5, 5.41) is 16.4. The van der Waals surface area contributed by atoms with Gasteiger partial charge in [0.15, 0.2) is 0 Å². The molecule has 1 saturated carbocycles. The number of nitrogens with zero attached hydrogens (tertiary/aromatic N) is 2. The third kappa shape index (κ3) is 6.60. The molecule has 3 aromatic rings. The number of benzene rings is 3. The minimum Gasteiger partial charge on any atom is -0.368 e. The molecule has 3 aromatic carbocycles. The number of hydrogen-bond acceptors (Lipinski definition) is 4. The summed E-state index contributed by atoms with van der Waals surface area (Å²) in [4.78, 5) is 2.35. The van der Waals surface area contributed by atoms with Gasteiger partial charge in [-0.3, -0.25) is 0 Å². The van der Waals surface area contributed by atoms with Gasteiger partial charge < -0.3 is 15.5 Å². The van der Waals surface area contributed by atoms with Crippen LogP contribution in [0.15, 0.2) is 54.6 Å². The first-order chi connectivity index (χ1) is 17.9. The van der Waals surface area contributed by atoms with Crippen LogP contribution in [0.1, 0.15) is 57.1 Å². The molecule has 0 radical (unpaired) electrons. The second kappa shape index (κ2) is 12.1. The lowest BCUT2D eigenvalue weighted by molar-refractivity contribution is 0.401. The van der Waals surface area contributed by atoms with Crippen molar-refractivity contribution in [1.29, 1.82) is 5.26 Å². The number of rotatable bonds is 9. The zero-order valence-electron chi connectivity index (χ0n) is 22.0. The minimum atomic E-state index is -0.503. The fourth-order valence-electron chi connectivity index (χ4n) is 5.13. The van der Waals surface area contributed by atoms with E-state index in [9.17, 15) is 9.65 Å². The Morgan fingerprint density at radius 3 is 2.35 bits per heavy atom. The number of nitrogens with one attached hydrogen (secondary N) is 2. The van der Waals surface area contributed by atoms with Crippen LogP contribution in [0.5, 0.6) is 0 Å². The van der Waals surface area contributed by atoms with Gasteiger partial charge in [0.1, 0.15) is 11.6 Å². The van der Waals surface area contributed by atoms with Gasteiger partial charge >= 0.3 is 0 Å². The van der Waals surface area contributed by atoms with E-state index in [2.05, 4.69) is 35.5 Å². The topological polar surface area (TPSA) is 51.1 Å². The van der Waals surface area contributed by atoms with Gasteiger partial charge in [0, 0.05) is 29.4 Å². The van der Waals surface area contributed by atoms with Crippen molar-refractivity contribution in [3.8, 4) is 17.2 Å². The molecule has 4 nitrogen and oxygen atoms in total. The molecule has 0 saturated heterocycles. The highest BCUT2D eigenvalue weighted by molar-refractivity contribution is 5.81. The highest BCUT2D eigenvalue weighted by atomic mass is 19.1. The van der Waals surface area contributed by atoms with E-state index in [1.807, 2.05) is 31.2 Å². The average molecular weight is 503 g/mol. The van der Waals surface area contributed by atoms with Crippen LogP contribution in [0, 0.1) is 35.8 Å². The predicted molar refractivity (Wildman–Crippen MR) is 149 cm³/mol. The highest BCUT2D eigenvalue weighted by Crippen LogP contribution is 2.39. The van der Waals surface area contributed by atoms with E-state index in [4.69, 9.17) is 0 Å². The summed E-state index contributed by atoms with van der Waals surface area (Å²) in [6, 6.07) is 17.7. The number of hydrogen-bond donors (Lipinski definition) is 2. The summed E-state index contributed by atoms with van der Waals surface area (Å²) in [5.41, 5.74) is 4.44. The molecule has 37 heavy (non-hydrogen) atoms. The lowest BCUT2D eigenvalue weighted by Crippen LogP contribution is -2.40. The van der Waals surface area contributed by atoms with E-state index in [0.29, 0.717) is 18.6 Å². The summed E-state index contributed by atoms with van der Waals surface area (Å²) < 4.78 is 29.9. The molecule has 1 aliphatic rings. The molecular weight excluding hydrogens is 466 g/mol. The summed E-state index contributed by atoms with van der Waals surface area (Å²) >= 11 is 0. The Kier molecular flexibility index (Phi) is 8.66. The summed E-state index contributed by atoms with van der Waals surface area (Å²) in [6.07, 6.45) is 5.75. The Morgan fingerprint density at radius 1 is 0.946 bits per heavy atom. The van der Waals surface area contributed by atoms with Crippen molar-refractivity contribution in [2.45, 2.75) is 58.9 Å². The maximum Gasteiger partial charge on any atom is 0.133 e. The highest BCUT2D eigenvalue weighted by Gasteiger charge is 2.26. The van der Waals surface area contributed by atoms with Crippen molar-refractivity contribution >= 4 is 17.1 Å². The zero-order valence-corrected chi connectivity index (χ0v) is 22.0. The van der Waals surface area contributed by atoms with Gasteiger partial charge in [-0.1, -0.05) is 50.8 Å². The summed E-state index contributed by atoms with van der Waals surface area (Å²) in [6.45, 7) is 7.64. The molecule has 4 rings (SSSR count). The van der Waals surface area contributed by atoms with Gasteiger partial charge in [0.2, 0.25) is 0 Å². The molecule has 194 valence electrons. The SMILES string of the molecule is Cc1ccc(NCNc2cc(-c3cc(F)ccc3C#N)c(F)cc2N(CC(C)C)C2CCCCC2)cc1. The van der Waals surface area contributed by atoms with Crippen molar-refractivity contribution in [2.75, 3.05) is 28.7 Å². The summed E-state index contributed by atoms with van der Waals surface area (Å²) in [5.74, 6) is -0.563. The fourth-order valence-corrected chi connectivity index (χ4v) is 5.13. The Bertz CT molecular complexity index is 1240.